The van der Waals surface area contributed by atoms with Crippen LogP contribution in [0.15, 0.2) is 12.3 Å². The molecule has 0 fully saturated rings. The zero-order valence-electron chi connectivity index (χ0n) is 15.1. The third-order valence-corrected chi connectivity index (χ3v) is 4.30. The van der Waals surface area contributed by atoms with Crippen molar-refractivity contribution in [3.05, 3.63) is 23.5 Å². The Balaban J connectivity index is 2.05. The van der Waals surface area contributed by atoms with Crippen LogP contribution in [-0.2, 0) is 4.79 Å². The first-order chi connectivity index (χ1) is 11.9. The van der Waals surface area contributed by atoms with Gasteiger partial charge < -0.3 is 10.4 Å². The molecule has 0 spiro atoms. The fourth-order valence-electron chi connectivity index (χ4n) is 2.70. The second-order valence-electron chi connectivity index (χ2n) is 6.36. The Hall–Kier alpha value is -2.44. The molecular weight excluding hydrogens is 320 g/mol. The van der Waals surface area contributed by atoms with Crippen LogP contribution in [-0.4, -0.2) is 38.3 Å². The van der Waals surface area contributed by atoms with Crippen molar-refractivity contribution in [1.82, 2.24) is 20.1 Å². The Bertz CT molecular complexity index is 754. The van der Waals surface area contributed by atoms with Crippen molar-refractivity contribution in [2.45, 2.75) is 58.9 Å². The molecule has 2 aromatic heterocycles. The molecular formula is C18H26N4O3. The Kier molecular flexibility index (Phi) is 6.50. The van der Waals surface area contributed by atoms with E-state index in [1.54, 1.807) is 12.3 Å². The highest BCUT2D eigenvalue weighted by Gasteiger charge is 2.17. The molecule has 0 aliphatic heterocycles. The van der Waals surface area contributed by atoms with Crippen molar-refractivity contribution in [2.24, 2.45) is 0 Å². The highest BCUT2D eigenvalue weighted by molar-refractivity contribution is 6.05. The molecule has 0 saturated heterocycles. The second-order valence-corrected chi connectivity index (χ2v) is 6.36. The summed E-state index contributed by atoms with van der Waals surface area (Å²) in [4.78, 5) is 27.5. The van der Waals surface area contributed by atoms with E-state index in [2.05, 4.69) is 29.2 Å². The number of carboxylic acids is 1. The first-order valence-corrected chi connectivity index (χ1v) is 8.78. The van der Waals surface area contributed by atoms with E-state index in [1.165, 1.54) is 0 Å². The van der Waals surface area contributed by atoms with Gasteiger partial charge in [-0.1, -0.05) is 13.3 Å². The number of nitrogens with zero attached hydrogens (tertiary/aromatic N) is 3. The van der Waals surface area contributed by atoms with E-state index < -0.39 is 5.97 Å². The average Bonchev–Trinajstić information content (AvgIpc) is 2.99. The Labute approximate surface area is 147 Å². The van der Waals surface area contributed by atoms with Gasteiger partial charge in [0.2, 0.25) is 0 Å². The zero-order chi connectivity index (χ0) is 18.4. The molecule has 0 radical (unpaired) electrons. The van der Waals surface area contributed by atoms with Crippen LogP contribution in [0.25, 0.3) is 11.0 Å². The summed E-state index contributed by atoms with van der Waals surface area (Å²) in [6.07, 6.45) is 4.99. The lowest BCUT2D eigenvalue weighted by atomic mass is 10.1. The Morgan fingerprint density at radius 2 is 2.08 bits per heavy atom. The van der Waals surface area contributed by atoms with Crippen molar-refractivity contribution >= 4 is 22.9 Å². The van der Waals surface area contributed by atoms with Crippen molar-refractivity contribution in [3.8, 4) is 0 Å². The van der Waals surface area contributed by atoms with Crippen LogP contribution in [0.5, 0.6) is 0 Å². The normalized spacial score (nSPS) is 12.3. The topological polar surface area (TPSA) is 97.1 Å². The fourth-order valence-corrected chi connectivity index (χ4v) is 2.70. The molecule has 25 heavy (non-hydrogen) atoms. The Morgan fingerprint density at radius 3 is 2.76 bits per heavy atom. The number of aliphatic carboxylic acids is 1. The van der Waals surface area contributed by atoms with Gasteiger partial charge in [-0.2, -0.15) is 5.10 Å². The van der Waals surface area contributed by atoms with Gasteiger partial charge in [-0.05, 0) is 39.2 Å². The summed E-state index contributed by atoms with van der Waals surface area (Å²) in [7, 11) is 0. The number of aryl methyl sites for hydroxylation is 1. The fraction of sp³-hybridized carbons (Fsp3) is 0.556. The van der Waals surface area contributed by atoms with Gasteiger partial charge in [0.15, 0.2) is 5.65 Å². The van der Waals surface area contributed by atoms with Crippen LogP contribution >= 0.6 is 0 Å². The molecule has 2 aromatic rings. The maximum absolute atomic E-state index is 12.5. The number of amides is 1. The summed E-state index contributed by atoms with van der Waals surface area (Å²) < 4.78 is 1.87. The number of hydrogen-bond acceptors (Lipinski definition) is 4. The summed E-state index contributed by atoms with van der Waals surface area (Å²) in [6.45, 7) is 6.57. The highest BCUT2D eigenvalue weighted by Crippen LogP contribution is 2.22. The minimum Gasteiger partial charge on any atom is -0.481 e. The third-order valence-electron chi connectivity index (χ3n) is 4.30. The largest absolute Gasteiger partial charge is 0.481 e. The summed E-state index contributed by atoms with van der Waals surface area (Å²) in [5, 5.41) is 16.7. The van der Waals surface area contributed by atoms with E-state index in [4.69, 9.17) is 5.11 Å². The molecule has 1 atom stereocenters. The molecule has 0 aliphatic carbocycles. The van der Waals surface area contributed by atoms with Crippen LogP contribution in [0, 0.1) is 6.92 Å². The van der Waals surface area contributed by atoms with E-state index in [-0.39, 0.29) is 18.4 Å². The van der Waals surface area contributed by atoms with E-state index in [0.29, 0.717) is 18.5 Å². The molecule has 2 N–H and O–H groups in total. The van der Waals surface area contributed by atoms with Crippen molar-refractivity contribution in [3.63, 3.8) is 0 Å². The van der Waals surface area contributed by atoms with Crippen LogP contribution in [0.2, 0.25) is 0 Å². The summed E-state index contributed by atoms with van der Waals surface area (Å²) in [5.74, 6) is -0.922. The molecule has 7 nitrogen and oxygen atoms in total. The van der Waals surface area contributed by atoms with Crippen molar-refractivity contribution in [2.75, 3.05) is 6.54 Å². The SMILES string of the molecule is CCC(C)n1ncc2c(C(=O)NCCCCCC(=O)O)cc(C)nc21. The molecule has 0 aromatic carbocycles. The predicted molar refractivity (Wildman–Crippen MR) is 95.7 cm³/mol. The summed E-state index contributed by atoms with van der Waals surface area (Å²) in [6, 6.07) is 2.00. The smallest absolute Gasteiger partial charge is 0.303 e. The molecule has 1 unspecified atom stereocenters. The number of carbonyl (C=O) groups is 2. The molecule has 2 heterocycles. The lowest BCUT2D eigenvalue weighted by molar-refractivity contribution is -0.137. The molecule has 136 valence electrons. The van der Waals surface area contributed by atoms with Crippen LogP contribution in [0.1, 0.15) is 68.0 Å². The maximum atomic E-state index is 12.5. The number of carboxylic acid groups (broad SMARTS) is 1. The lowest BCUT2D eigenvalue weighted by Gasteiger charge is -2.11. The van der Waals surface area contributed by atoms with Crippen molar-refractivity contribution < 1.29 is 14.7 Å². The van der Waals surface area contributed by atoms with Gasteiger partial charge in [-0.3, -0.25) is 9.59 Å². The van der Waals surface area contributed by atoms with Gasteiger partial charge in [0.05, 0.1) is 23.2 Å². The van der Waals surface area contributed by atoms with Gasteiger partial charge in [0, 0.05) is 18.7 Å². The van der Waals surface area contributed by atoms with Crippen molar-refractivity contribution in [1.29, 1.82) is 0 Å². The number of nitrogens with one attached hydrogen (secondary N) is 1. The van der Waals surface area contributed by atoms with Gasteiger partial charge in [-0.15, -0.1) is 0 Å². The standard InChI is InChI=1S/C18H26N4O3/c1-4-13(3)22-17-15(11-20-22)14(10-12(2)21-17)18(25)19-9-7-5-6-8-16(23)24/h10-11,13H,4-9H2,1-3H3,(H,19,25)(H,23,24). The monoisotopic (exact) mass is 346 g/mol. The molecule has 0 saturated carbocycles. The molecule has 0 aliphatic rings. The van der Waals surface area contributed by atoms with E-state index >= 15 is 0 Å². The molecule has 7 heteroatoms. The number of pyridine rings is 1. The number of carbonyl (C=O) groups excluding carboxylic acids is 1. The van der Waals surface area contributed by atoms with Gasteiger partial charge >= 0.3 is 5.97 Å². The predicted octanol–water partition coefficient (Wildman–Crippen LogP) is 3.09. The minimum atomic E-state index is -0.781. The van der Waals surface area contributed by atoms with E-state index in [0.717, 1.165) is 36.0 Å². The maximum Gasteiger partial charge on any atom is 0.303 e. The number of aromatic nitrogens is 3. The quantitative estimate of drug-likeness (QED) is 0.680. The lowest BCUT2D eigenvalue weighted by Crippen LogP contribution is -2.25. The second kappa shape index (κ2) is 8.60. The number of rotatable bonds is 9. The summed E-state index contributed by atoms with van der Waals surface area (Å²) in [5.41, 5.74) is 2.10. The average molecular weight is 346 g/mol. The van der Waals surface area contributed by atoms with Gasteiger partial charge in [0.25, 0.3) is 5.91 Å². The zero-order valence-corrected chi connectivity index (χ0v) is 15.1. The first kappa shape index (κ1) is 18.9. The molecule has 2 rings (SSSR count). The van der Waals surface area contributed by atoms with Crippen LogP contribution in [0.3, 0.4) is 0 Å². The van der Waals surface area contributed by atoms with Crippen LogP contribution in [0.4, 0.5) is 0 Å². The molecule has 0 bridgehead atoms. The van der Waals surface area contributed by atoms with E-state index in [1.807, 2.05) is 11.6 Å². The Morgan fingerprint density at radius 1 is 1.32 bits per heavy atom. The number of hydrogen-bond donors (Lipinski definition) is 2. The number of unbranched alkanes of at least 4 members (excludes halogenated alkanes) is 2. The summed E-state index contributed by atoms with van der Waals surface area (Å²) >= 11 is 0. The number of fused-ring (bicyclic) bond motifs is 1. The van der Waals surface area contributed by atoms with E-state index in [9.17, 15) is 9.59 Å². The van der Waals surface area contributed by atoms with Crippen LogP contribution < -0.4 is 5.32 Å². The minimum absolute atomic E-state index is 0.141. The first-order valence-electron chi connectivity index (χ1n) is 8.78. The van der Waals surface area contributed by atoms with Gasteiger partial charge in [-0.25, -0.2) is 9.67 Å². The highest BCUT2D eigenvalue weighted by atomic mass is 16.4. The third kappa shape index (κ3) is 4.78. The molecule has 1 amide bonds. The van der Waals surface area contributed by atoms with Gasteiger partial charge in [0.1, 0.15) is 0 Å².